The molecule has 0 unspecified atom stereocenters. The van der Waals surface area contributed by atoms with Crippen LogP contribution < -0.4 is 4.90 Å². The fourth-order valence-electron chi connectivity index (χ4n) is 3.46. The first-order chi connectivity index (χ1) is 12.1. The molecular formula is C18H19ClFN3O2. The highest BCUT2D eigenvalue weighted by atomic mass is 35.5. The van der Waals surface area contributed by atoms with E-state index in [4.69, 9.17) is 11.6 Å². The third-order valence-corrected chi connectivity index (χ3v) is 5.08. The number of anilines is 1. The molecule has 1 aliphatic carbocycles. The van der Waals surface area contributed by atoms with E-state index in [9.17, 15) is 14.0 Å². The summed E-state index contributed by atoms with van der Waals surface area (Å²) in [6.45, 7) is 2.47. The van der Waals surface area contributed by atoms with Gasteiger partial charge in [-0.1, -0.05) is 11.6 Å². The van der Waals surface area contributed by atoms with Crippen molar-refractivity contribution in [3.63, 3.8) is 0 Å². The lowest BCUT2D eigenvalue weighted by molar-refractivity contribution is -0.107. The Kier molecular flexibility index (Phi) is 5.18. The second kappa shape index (κ2) is 7.35. The molecule has 0 fully saturated rings. The predicted octanol–water partition coefficient (Wildman–Crippen LogP) is 3.34. The van der Waals surface area contributed by atoms with Gasteiger partial charge in [0.1, 0.15) is 11.6 Å². The average Bonchev–Trinajstić information content (AvgIpc) is 2.87. The van der Waals surface area contributed by atoms with Crippen LogP contribution in [0.5, 0.6) is 0 Å². The number of carbonyl (C=O) groups excluding carboxylic acids is 2. The Labute approximate surface area is 150 Å². The van der Waals surface area contributed by atoms with Crippen LogP contribution in [0.3, 0.4) is 0 Å². The number of hydrogen-bond acceptors (Lipinski definition) is 3. The van der Waals surface area contributed by atoms with Crippen molar-refractivity contribution in [1.29, 1.82) is 0 Å². The van der Waals surface area contributed by atoms with Crippen molar-refractivity contribution in [3.05, 3.63) is 45.6 Å². The van der Waals surface area contributed by atoms with Crippen molar-refractivity contribution in [3.8, 4) is 0 Å². The molecule has 0 saturated heterocycles. The fourth-order valence-corrected chi connectivity index (χ4v) is 3.64. The summed E-state index contributed by atoms with van der Waals surface area (Å²) in [4.78, 5) is 28.2. The maximum absolute atomic E-state index is 14.4. The Hall–Kier alpha value is -2.21. The lowest BCUT2D eigenvalue weighted by atomic mass is 9.97. The van der Waals surface area contributed by atoms with Gasteiger partial charge in [0.2, 0.25) is 6.41 Å². The lowest BCUT2D eigenvalue weighted by Crippen LogP contribution is -2.28. The molecule has 3 rings (SSSR count). The second-order valence-electron chi connectivity index (χ2n) is 6.13. The molecule has 0 bridgehead atoms. The molecule has 0 aliphatic heterocycles. The van der Waals surface area contributed by atoms with Gasteiger partial charge in [-0.15, -0.1) is 0 Å². The molecule has 1 amide bonds. The van der Waals surface area contributed by atoms with Crippen LogP contribution in [0.2, 0.25) is 5.02 Å². The van der Waals surface area contributed by atoms with Crippen LogP contribution in [-0.2, 0) is 24.2 Å². The number of aldehydes is 1. The SMILES string of the molecule is Cc1c(F)c2c(n1CCN(C=O)c1nccc(Cl)c1C=O)CCCC2. The molecule has 2 aromatic heterocycles. The summed E-state index contributed by atoms with van der Waals surface area (Å²) in [6.07, 6.45) is 6.30. The van der Waals surface area contributed by atoms with Crippen LogP contribution in [0.25, 0.3) is 0 Å². The number of nitrogens with zero attached hydrogens (tertiary/aromatic N) is 3. The molecule has 5 nitrogen and oxygen atoms in total. The first-order valence-electron chi connectivity index (χ1n) is 8.26. The van der Waals surface area contributed by atoms with Gasteiger partial charge in [-0.2, -0.15) is 0 Å². The minimum atomic E-state index is -0.137. The fraction of sp³-hybridized carbons (Fsp3) is 0.389. The second-order valence-corrected chi connectivity index (χ2v) is 6.54. The maximum atomic E-state index is 14.4. The zero-order valence-corrected chi connectivity index (χ0v) is 14.7. The molecule has 0 aromatic carbocycles. The van der Waals surface area contributed by atoms with Gasteiger partial charge in [0, 0.05) is 30.5 Å². The predicted molar refractivity (Wildman–Crippen MR) is 93.8 cm³/mol. The monoisotopic (exact) mass is 363 g/mol. The van der Waals surface area contributed by atoms with Crippen LogP contribution in [0, 0.1) is 12.7 Å². The smallest absolute Gasteiger partial charge is 0.215 e. The summed E-state index contributed by atoms with van der Waals surface area (Å²) in [7, 11) is 0. The van der Waals surface area contributed by atoms with E-state index >= 15 is 0 Å². The largest absolute Gasteiger partial charge is 0.344 e. The molecule has 1 aliphatic rings. The van der Waals surface area contributed by atoms with Crippen molar-refractivity contribution >= 4 is 30.1 Å². The van der Waals surface area contributed by atoms with E-state index in [0.717, 1.165) is 36.9 Å². The third kappa shape index (κ3) is 3.18. The first-order valence-corrected chi connectivity index (χ1v) is 8.64. The molecule has 25 heavy (non-hydrogen) atoms. The Morgan fingerprint density at radius 1 is 1.36 bits per heavy atom. The summed E-state index contributed by atoms with van der Waals surface area (Å²) >= 11 is 6.00. The summed E-state index contributed by atoms with van der Waals surface area (Å²) < 4.78 is 16.4. The average molecular weight is 364 g/mol. The van der Waals surface area contributed by atoms with Crippen molar-refractivity contribution in [1.82, 2.24) is 9.55 Å². The Morgan fingerprint density at radius 3 is 2.84 bits per heavy atom. The van der Waals surface area contributed by atoms with Crippen LogP contribution in [0.1, 0.15) is 40.2 Å². The Bertz CT molecular complexity index is 819. The normalized spacial score (nSPS) is 13.4. The first kappa shape index (κ1) is 17.6. The van der Waals surface area contributed by atoms with Gasteiger partial charge in [0.15, 0.2) is 6.29 Å². The van der Waals surface area contributed by atoms with E-state index in [1.165, 1.54) is 17.2 Å². The number of hydrogen-bond donors (Lipinski definition) is 0. The van der Waals surface area contributed by atoms with E-state index in [1.807, 2.05) is 4.57 Å². The van der Waals surface area contributed by atoms with Gasteiger partial charge < -0.3 is 4.57 Å². The topological polar surface area (TPSA) is 55.2 Å². The highest BCUT2D eigenvalue weighted by Crippen LogP contribution is 2.29. The van der Waals surface area contributed by atoms with Crippen LogP contribution >= 0.6 is 11.6 Å². The standard InChI is InChI=1S/C18H19ClFN3O2/c1-12-17(20)13-4-2-3-5-16(13)23(12)9-8-22(11-25)18-14(10-24)15(19)6-7-21-18/h6-7,10-11H,2-5,8-9H2,1H3. The van der Waals surface area contributed by atoms with Crippen molar-refractivity contribution in [2.24, 2.45) is 0 Å². The zero-order chi connectivity index (χ0) is 18.0. The Morgan fingerprint density at radius 2 is 2.12 bits per heavy atom. The van der Waals surface area contributed by atoms with Gasteiger partial charge in [-0.25, -0.2) is 9.37 Å². The van der Waals surface area contributed by atoms with Gasteiger partial charge in [-0.05, 0) is 38.7 Å². The molecule has 0 atom stereocenters. The molecule has 132 valence electrons. The zero-order valence-electron chi connectivity index (χ0n) is 14.0. The summed E-state index contributed by atoms with van der Waals surface area (Å²) in [5, 5.41) is 0.243. The number of fused-ring (bicyclic) bond motifs is 1. The minimum Gasteiger partial charge on any atom is -0.344 e. The van der Waals surface area contributed by atoms with E-state index in [1.54, 1.807) is 6.92 Å². The summed E-state index contributed by atoms with van der Waals surface area (Å²) in [6, 6.07) is 1.50. The molecule has 2 heterocycles. The van der Waals surface area contributed by atoms with E-state index in [2.05, 4.69) is 4.98 Å². The van der Waals surface area contributed by atoms with Crippen molar-refractivity contribution in [2.75, 3.05) is 11.4 Å². The molecule has 7 heteroatoms. The lowest BCUT2D eigenvalue weighted by Gasteiger charge is -2.21. The molecule has 0 saturated carbocycles. The maximum Gasteiger partial charge on any atom is 0.215 e. The number of halogens is 2. The van der Waals surface area contributed by atoms with E-state index < -0.39 is 0 Å². The van der Waals surface area contributed by atoms with Gasteiger partial charge in [0.25, 0.3) is 0 Å². The quantitative estimate of drug-likeness (QED) is 0.740. The Balaban J connectivity index is 1.87. The number of carbonyl (C=O) groups is 2. The van der Waals surface area contributed by atoms with Crippen molar-refractivity contribution in [2.45, 2.75) is 39.2 Å². The summed E-state index contributed by atoms with van der Waals surface area (Å²) in [5.41, 5.74) is 2.58. The summed E-state index contributed by atoms with van der Waals surface area (Å²) in [5.74, 6) is 0.0819. The molecular weight excluding hydrogens is 345 g/mol. The van der Waals surface area contributed by atoms with Gasteiger partial charge in [-0.3, -0.25) is 14.5 Å². The minimum absolute atomic E-state index is 0.137. The van der Waals surface area contributed by atoms with Gasteiger partial charge >= 0.3 is 0 Å². The van der Waals surface area contributed by atoms with Crippen LogP contribution in [0.15, 0.2) is 12.3 Å². The third-order valence-electron chi connectivity index (χ3n) is 4.75. The molecule has 0 spiro atoms. The highest BCUT2D eigenvalue weighted by molar-refractivity contribution is 6.33. The van der Waals surface area contributed by atoms with Gasteiger partial charge in [0.05, 0.1) is 16.3 Å². The number of pyridine rings is 1. The van der Waals surface area contributed by atoms with Crippen molar-refractivity contribution < 1.29 is 14.0 Å². The molecule has 0 N–H and O–H groups in total. The molecule has 0 radical (unpaired) electrons. The van der Waals surface area contributed by atoms with E-state index in [-0.39, 0.29) is 28.8 Å². The molecule has 2 aromatic rings. The van der Waals surface area contributed by atoms with Crippen LogP contribution in [0.4, 0.5) is 10.2 Å². The number of rotatable bonds is 6. The number of amides is 1. The highest BCUT2D eigenvalue weighted by Gasteiger charge is 2.23. The number of aromatic nitrogens is 2. The van der Waals surface area contributed by atoms with Crippen LogP contribution in [-0.4, -0.2) is 28.8 Å². The van der Waals surface area contributed by atoms with E-state index in [0.29, 0.717) is 24.9 Å².